The first-order valence-electron chi connectivity index (χ1n) is 9.13. The normalized spacial score (nSPS) is 11.7. The van der Waals surface area contributed by atoms with Crippen LogP contribution in [0, 0.1) is 13.8 Å². The van der Waals surface area contributed by atoms with Gasteiger partial charge in [-0.15, -0.1) is 0 Å². The molecule has 27 heavy (non-hydrogen) atoms. The number of guanidine groups is 1. The van der Waals surface area contributed by atoms with E-state index < -0.39 is 0 Å². The van der Waals surface area contributed by atoms with Crippen molar-refractivity contribution in [2.75, 3.05) is 14.1 Å². The van der Waals surface area contributed by atoms with Crippen LogP contribution in [0.25, 0.3) is 5.69 Å². The molecule has 0 radical (unpaired) electrons. The number of nitrogens with one attached hydrogen (secondary N) is 1. The van der Waals surface area contributed by atoms with Gasteiger partial charge in [-0.05, 0) is 38.1 Å². The Kier molecular flexibility index (Phi) is 5.64. The van der Waals surface area contributed by atoms with E-state index in [4.69, 9.17) is 5.10 Å². The van der Waals surface area contributed by atoms with E-state index in [0.29, 0.717) is 6.54 Å². The lowest BCUT2D eigenvalue weighted by molar-refractivity contribution is 0.461. The molecule has 1 aromatic carbocycles. The highest BCUT2D eigenvalue weighted by Gasteiger charge is 2.14. The molecule has 2 aromatic heterocycles. The molecule has 0 aliphatic rings. The molecule has 0 spiro atoms. The van der Waals surface area contributed by atoms with Gasteiger partial charge in [0, 0.05) is 50.8 Å². The lowest BCUT2D eigenvalue weighted by Crippen LogP contribution is -2.38. The van der Waals surface area contributed by atoms with E-state index in [1.54, 1.807) is 0 Å². The van der Waals surface area contributed by atoms with Gasteiger partial charge in [0.1, 0.15) is 0 Å². The topological polar surface area (TPSA) is 50.4 Å². The third kappa shape index (κ3) is 4.05. The molecular formula is C21H28N6. The van der Waals surface area contributed by atoms with E-state index in [1.807, 2.05) is 29.9 Å². The molecule has 0 atom stereocenters. The van der Waals surface area contributed by atoms with Gasteiger partial charge < -0.3 is 14.8 Å². The molecule has 0 aliphatic carbocycles. The largest absolute Gasteiger partial charge is 0.353 e. The van der Waals surface area contributed by atoms with Crippen molar-refractivity contribution in [1.29, 1.82) is 0 Å². The van der Waals surface area contributed by atoms with Gasteiger partial charge in [-0.2, -0.15) is 5.10 Å². The fourth-order valence-corrected chi connectivity index (χ4v) is 3.28. The number of hydrogen-bond donors (Lipinski definition) is 1. The van der Waals surface area contributed by atoms with Gasteiger partial charge in [0.05, 0.1) is 17.9 Å². The van der Waals surface area contributed by atoms with Gasteiger partial charge in [-0.1, -0.05) is 18.2 Å². The Hall–Kier alpha value is -3.02. The maximum Gasteiger partial charge on any atom is 0.194 e. The second-order valence-corrected chi connectivity index (χ2v) is 6.76. The molecule has 3 rings (SSSR count). The summed E-state index contributed by atoms with van der Waals surface area (Å²) < 4.78 is 4.13. The molecule has 0 fully saturated rings. The highest BCUT2D eigenvalue weighted by Crippen LogP contribution is 2.17. The third-order valence-electron chi connectivity index (χ3n) is 4.89. The molecule has 6 nitrogen and oxygen atoms in total. The number of aromatic nitrogens is 3. The summed E-state index contributed by atoms with van der Waals surface area (Å²) in [5.41, 5.74) is 5.70. The van der Waals surface area contributed by atoms with Crippen LogP contribution in [0.1, 0.15) is 22.6 Å². The maximum absolute atomic E-state index is 4.72. The van der Waals surface area contributed by atoms with Crippen molar-refractivity contribution < 1.29 is 0 Å². The van der Waals surface area contributed by atoms with Crippen LogP contribution in [0.3, 0.4) is 0 Å². The molecule has 3 aromatic rings. The van der Waals surface area contributed by atoms with Gasteiger partial charge in [0.15, 0.2) is 5.96 Å². The van der Waals surface area contributed by atoms with Crippen molar-refractivity contribution in [1.82, 2.24) is 24.6 Å². The molecule has 6 heteroatoms. The molecule has 0 amide bonds. The Morgan fingerprint density at radius 3 is 2.52 bits per heavy atom. The van der Waals surface area contributed by atoms with Gasteiger partial charge in [-0.25, -0.2) is 4.68 Å². The average Bonchev–Trinajstić information content (AvgIpc) is 3.20. The lowest BCUT2D eigenvalue weighted by atomic mass is 10.2. The summed E-state index contributed by atoms with van der Waals surface area (Å²) in [5.74, 6) is 0.863. The number of aryl methyl sites for hydroxylation is 2. The van der Waals surface area contributed by atoms with Crippen LogP contribution in [0.4, 0.5) is 0 Å². The molecule has 0 bridgehead atoms. The zero-order valence-corrected chi connectivity index (χ0v) is 16.8. The highest BCUT2D eigenvalue weighted by molar-refractivity contribution is 5.79. The zero-order chi connectivity index (χ0) is 19.4. The Morgan fingerprint density at radius 1 is 1.15 bits per heavy atom. The van der Waals surface area contributed by atoms with Gasteiger partial charge in [0.2, 0.25) is 0 Å². The number of para-hydroxylation sites is 1. The minimum Gasteiger partial charge on any atom is -0.353 e. The Balaban J connectivity index is 1.72. The van der Waals surface area contributed by atoms with Gasteiger partial charge >= 0.3 is 0 Å². The smallest absolute Gasteiger partial charge is 0.194 e. The summed E-state index contributed by atoms with van der Waals surface area (Å²) in [6, 6.07) is 14.4. The first kappa shape index (κ1) is 18.8. The van der Waals surface area contributed by atoms with Crippen molar-refractivity contribution in [3.8, 4) is 5.69 Å². The SMILES string of the molecule is CN=C(NCc1c(C)nn(-c2ccccc2)c1C)N(C)Cc1cccn1C. The summed E-state index contributed by atoms with van der Waals surface area (Å²) in [5, 5.41) is 8.20. The number of aliphatic imine (C=N–C) groups is 1. The minimum absolute atomic E-state index is 0.689. The molecular weight excluding hydrogens is 336 g/mol. The fraction of sp³-hybridized carbons (Fsp3) is 0.333. The zero-order valence-electron chi connectivity index (χ0n) is 16.8. The van der Waals surface area contributed by atoms with Crippen molar-refractivity contribution >= 4 is 5.96 Å². The molecule has 1 N–H and O–H groups in total. The maximum atomic E-state index is 4.72. The predicted molar refractivity (Wildman–Crippen MR) is 110 cm³/mol. The highest BCUT2D eigenvalue weighted by atomic mass is 15.3. The number of hydrogen-bond acceptors (Lipinski definition) is 2. The van der Waals surface area contributed by atoms with E-state index in [2.05, 4.69) is 78.2 Å². The van der Waals surface area contributed by atoms with Crippen molar-refractivity contribution in [3.05, 3.63) is 71.3 Å². The van der Waals surface area contributed by atoms with Crippen molar-refractivity contribution in [3.63, 3.8) is 0 Å². The van der Waals surface area contributed by atoms with Crippen LogP contribution in [0.15, 0.2) is 53.7 Å². The Labute approximate surface area is 161 Å². The lowest BCUT2D eigenvalue weighted by Gasteiger charge is -2.22. The van der Waals surface area contributed by atoms with Gasteiger partial charge in [0.25, 0.3) is 0 Å². The average molecular weight is 364 g/mol. The first-order chi connectivity index (χ1) is 13.0. The van der Waals surface area contributed by atoms with E-state index >= 15 is 0 Å². The Morgan fingerprint density at radius 2 is 1.89 bits per heavy atom. The van der Waals surface area contributed by atoms with E-state index in [1.165, 1.54) is 11.3 Å². The second-order valence-electron chi connectivity index (χ2n) is 6.76. The van der Waals surface area contributed by atoms with E-state index in [-0.39, 0.29) is 0 Å². The minimum atomic E-state index is 0.689. The van der Waals surface area contributed by atoms with Crippen LogP contribution in [-0.4, -0.2) is 39.3 Å². The monoisotopic (exact) mass is 364 g/mol. The van der Waals surface area contributed by atoms with Crippen molar-refractivity contribution in [2.45, 2.75) is 26.9 Å². The summed E-state index contributed by atoms with van der Waals surface area (Å²) in [6.45, 7) is 5.65. The third-order valence-corrected chi connectivity index (χ3v) is 4.89. The molecule has 2 heterocycles. The van der Waals surface area contributed by atoms with Crippen LogP contribution in [0.5, 0.6) is 0 Å². The Bertz CT molecular complexity index is 920. The van der Waals surface area contributed by atoms with E-state index in [0.717, 1.165) is 29.6 Å². The molecule has 0 saturated carbocycles. The molecule has 0 unspecified atom stereocenters. The fourth-order valence-electron chi connectivity index (χ4n) is 3.28. The van der Waals surface area contributed by atoms with Gasteiger partial charge in [-0.3, -0.25) is 4.99 Å². The number of nitrogens with zero attached hydrogens (tertiary/aromatic N) is 5. The summed E-state index contributed by atoms with van der Waals surface area (Å²) in [7, 11) is 5.93. The van der Waals surface area contributed by atoms with Crippen molar-refractivity contribution in [2.24, 2.45) is 12.0 Å². The summed E-state index contributed by atoms with van der Waals surface area (Å²) in [6.07, 6.45) is 2.06. The van der Waals surface area contributed by atoms with Crippen LogP contribution in [-0.2, 0) is 20.1 Å². The number of rotatable bonds is 5. The molecule has 0 aliphatic heterocycles. The van der Waals surface area contributed by atoms with Crippen LogP contribution in [0.2, 0.25) is 0 Å². The summed E-state index contributed by atoms with van der Waals surface area (Å²) >= 11 is 0. The number of benzene rings is 1. The van der Waals surface area contributed by atoms with Crippen LogP contribution < -0.4 is 5.32 Å². The summed E-state index contributed by atoms with van der Waals surface area (Å²) in [4.78, 5) is 6.56. The molecule has 142 valence electrons. The molecule has 0 saturated heterocycles. The second kappa shape index (κ2) is 8.12. The predicted octanol–water partition coefficient (Wildman–Crippen LogP) is 3.04. The standard InChI is InChI=1S/C21H28N6/c1-16-20(17(2)27(24-16)18-10-7-6-8-11-18)14-23-21(22-3)26(5)15-19-12-9-13-25(19)4/h6-13H,14-15H2,1-5H3,(H,22,23). The quantitative estimate of drug-likeness (QED) is 0.559. The van der Waals surface area contributed by atoms with E-state index in [9.17, 15) is 0 Å². The van der Waals surface area contributed by atoms with Crippen LogP contribution >= 0.6 is 0 Å². The first-order valence-corrected chi connectivity index (χ1v) is 9.13.